The van der Waals surface area contributed by atoms with E-state index in [4.69, 9.17) is 23.2 Å². The van der Waals surface area contributed by atoms with Crippen molar-refractivity contribution in [3.05, 3.63) is 93.5 Å². The summed E-state index contributed by atoms with van der Waals surface area (Å²) >= 11 is 11.9. The number of amides is 2. The third-order valence-electron chi connectivity index (χ3n) is 4.04. The van der Waals surface area contributed by atoms with Gasteiger partial charge in [-0.1, -0.05) is 41.4 Å². The van der Waals surface area contributed by atoms with Gasteiger partial charge in [0.1, 0.15) is 0 Å². The number of hydrogen-bond donors (Lipinski definition) is 2. The van der Waals surface area contributed by atoms with Crippen LogP contribution in [0.3, 0.4) is 0 Å². The Morgan fingerprint density at radius 3 is 2.17 bits per heavy atom. The minimum atomic E-state index is -4.54. The van der Waals surface area contributed by atoms with Gasteiger partial charge in [0.05, 0.1) is 27.4 Å². The predicted molar refractivity (Wildman–Crippen MR) is 110 cm³/mol. The molecule has 0 atom stereocenters. The van der Waals surface area contributed by atoms with Crippen molar-refractivity contribution >= 4 is 46.4 Å². The zero-order valence-corrected chi connectivity index (χ0v) is 16.6. The van der Waals surface area contributed by atoms with E-state index < -0.39 is 23.6 Å². The van der Waals surface area contributed by atoms with Gasteiger partial charge in [-0.05, 0) is 48.5 Å². The van der Waals surface area contributed by atoms with Gasteiger partial charge in [0.2, 0.25) is 0 Å². The molecule has 2 amide bonds. The minimum absolute atomic E-state index is 0.0308. The zero-order valence-electron chi connectivity index (χ0n) is 15.1. The molecule has 0 radical (unpaired) electrons. The molecule has 0 bridgehead atoms. The molecular formula is C21H13Cl2F3N2O2. The van der Waals surface area contributed by atoms with Crippen molar-refractivity contribution in [1.29, 1.82) is 0 Å². The van der Waals surface area contributed by atoms with Crippen molar-refractivity contribution in [2.24, 2.45) is 0 Å². The number of anilines is 2. The van der Waals surface area contributed by atoms with Crippen molar-refractivity contribution in [2.75, 3.05) is 10.6 Å². The molecular weight excluding hydrogens is 440 g/mol. The molecule has 0 aromatic heterocycles. The fourth-order valence-electron chi connectivity index (χ4n) is 2.63. The number of benzene rings is 3. The highest BCUT2D eigenvalue weighted by Gasteiger charge is 2.30. The van der Waals surface area contributed by atoms with Crippen molar-refractivity contribution in [1.82, 2.24) is 0 Å². The number of alkyl halides is 3. The average molecular weight is 453 g/mol. The fourth-order valence-corrected chi connectivity index (χ4v) is 3.12. The Balaban J connectivity index is 1.83. The van der Waals surface area contributed by atoms with Crippen LogP contribution in [0.2, 0.25) is 10.0 Å². The number of carbonyl (C=O) groups excluding carboxylic acids is 2. The standard InChI is InChI=1S/C21H13Cl2F3N2O2/c22-13-8-9-15(17(23)11-13)19(29)28-18-7-2-1-6-16(18)20(30)27-14-5-3-4-12(10-14)21(24,25)26/h1-11H,(H,27,30)(H,28,29). The largest absolute Gasteiger partial charge is 0.416 e. The van der Waals surface area contributed by atoms with Crippen LogP contribution in [0.5, 0.6) is 0 Å². The molecule has 9 heteroatoms. The fraction of sp³-hybridized carbons (Fsp3) is 0.0476. The maximum atomic E-state index is 12.9. The quantitative estimate of drug-likeness (QED) is 0.473. The smallest absolute Gasteiger partial charge is 0.322 e. The van der Waals surface area contributed by atoms with Crippen LogP contribution in [0.25, 0.3) is 0 Å². The summed E-state index contributed by atoms with van der Waals surface area (Å²) in [6.45, 7) is 0. The number of nitrogens with one attached hydrogen (secondary N) is 2. The molecule has 3 aromatic rings. The maximum absolute atomic E-state index is 12.9. The summed E-state index contributed by atoms with van der Waals surface area (Å²) in [6, 6.07) is 14.7. The topological polar surface area (TPSA) is 58.2 Å². The molecule has 4 nitrogen and oxygen atoms in total. The van der Waals surface area contributed by atoms with E-state index in [1.807, 2.05) is 0 Å². The van der Waals surface area contributed by atoms with E-state index in [1.165, 1.54) is 42.5 Å². The zero-order chi connectivity index (χ0) is 21.9. The van der Waals surface area contributed by atoms with Gasteiger partial charge in [-0.2, -0.15) is 13.2 Å². The Kier molecular flexibility index (Phi) is 6.34. The highest BCUT2D eigenvalue weighted by atomic mass is 35.5. The van der Waals surface area contributed by atoms with Crippen molar-refractivity contribution in [3.8, 4) is 0 Å². The lowest BCUT2D eigenvalue weighted by Crippen LogP contribution is -2.18. The normalized spacial score (nSPS) is 11.1. The molecule has 0 spiro atoms. The number of rotatable bonds is 4. The van der Waals surface area contributed by atoms with E-state index >= 15 is 0 Å². The molecule has 0 aliphatic carbocycles. The molecule has 0 heterocycles. The van der Waals surface area contributed by atoms with Gasteiger partial charge in [0, 0.05) is 10.7 Å². The summed E-state index contributed by atoms with van der Waals surface area (Å²) < 4.78 is 38.6. The number of carbonyl (C=O) groups is 2. The van der Waals surface area contributed by atoms with Gasteiger partial charge in [0.25, 0.3) is 11.8 Å². The van der Waals surface area contributed by atoms with E-state index in [2.05, 4.69) is 10.6 Å². The summed E-state index contributed by atoms with van der Waals surface area (Å²) in [5.74, 6) is -1.26. The first-order valence-corrected chi connectivity index (χ1v) is 9.25. The van der Waals surface area contributed by atoms with Crippen LogP contribution in [0.15, 0.2) is 66.7 Å². The first-order chi connectivity index (χ1) is 14.1. The van der Waals surface area contributed by atoms with Crippen LogP contribution < -0.4 is 10.6 Å². The van der Waals surface area contributed by atoms with Crippen LogP contribution in [-0.4, -0.2) is 11.8 Å². The van der Waals surface area contributed by atoms with Gasteiger partial charge in [-0.25, -0.2) is 0 Å². The summed E-state index contributed by atoms with van der Waals surface area (Å²) in [7, 11) is 0. The van der Waals surface area contributed by atoms with E-state index in [0.717, 1.165) is 12.1 Å². The summed E-state index contributed by atoms with van der Waals surface area (Å²) in [5, 5.41) is 5.48. The second-order valence-electron chi connectivity index (χ2n) is 6.16. The van der Waals surface area contributed by atoms with Crippen molar-refractivity contribution in [2.45, 2.75) is 6.18 Å². The van der Waals surface area contributed by atoms with Gasteiger partial charge in [0.15, 0.2) is 0 Å². The first-order valence-electron chi connectivity index (χ1n) is 8.49. The first kappa shape index (κ1) is 21.7. The Morgan fingerprint density at radius 1 is 0.767 bits per heavy atom. The van der Waals surface area contributed by atoms with Crippen LogP contribution >= 0.6 is 23.2 Å². The molecule has 0 saturated carbocycles. The molecule has 0 fully saturated rings. The molecule has 0 aliphatic heterocycles. The van der Waals surface area contributed by atoms with Gasteiger partial charge < -0.3 is 10.6 Å². The van der Waals surface area contributed by atoms with E-state index in [-0.39, 0.29) is 27.5 Å². The lowest BCUT2D eigenvalue weighted by atomic mass is 10.1. The molecule has 0 unspecified atom stereocenters. The third-order valence-corrected chi connectivity index (χ3v) is 4.59. The highest BCUT2D eigenvalue weighted by Crippen LogP contribution is 2.31. The molecule has 30 heavy (non-hydrogen) atoms. The van der Waals surface area contributed by atoms with E-state index in [1.54, 1.807) is 12.1 Å². The van der Waals surface area contributed by atoms with Crippen LogP contribution in [-0.2, 0) is 6.18 Å². The Bertz CT molecular complexity index is 1120. The summed E-state index contributed by atoms with van der Waals surface area (Å²) in [5.41, 5.74) is -0.545. The highest BCUT2D eigenvalue weighted by molar-refractivity contribution is 6.37. The second kappa shape index (κ2) is 8.77. The number of para-hydroxylation sites is 1. The summed E-state index contributed by atoms with van der Waals surface area (Å²) in [6.07, 6.45) is -4.54. The molecule has 0 aliphatic rings. The molecule has 2 N–H and O–H groups in total. The Morgan fingerprint density at radius 2 is 1.47 bits per heavy atom. The van der Waals surface area contributed by atoms with Gasteiger partial charge in [-0.15, -0.1) is 0 Å². The van der Waals surface area contributed by atoms with Crippen molar-refractivity contribution in [3.63, 3.8) is 0 Å². The second-order valence-corrected chi connectivity index (χ2v) is 7.00. The van der Waals surface area contributed by atoms with Crippen molar-refractivity contribution < 1.29 is 22.8 Å². The summed E-state index contributed by atoms with van der Waals surface area (Å²) in [4.78, 5) is 25.2. The molecule has 154 valence electrons. The Labute approximate surface area is 179 Å². The number of hydrogen-bond acceptors (Lipinski definition) is 2. The van der Waals surface area contributed by atoms with Crippen LogP contribution in [0.1, 0.15) is 26.3 Å². The third kappa shape index (κ3) is 5.11. The SMILES string of the molecule is O=C(Nc1ccccc1C(=O)Nc1cccc(C(F)(F)F)c1)c1ccc(Cl)cc1Cl. The Hall–Kier alpha value is -3.03. The van der Waals surface area contributed by atoms with E-state index in [0.29, 0.717) is 5.02 Å². The predicted octanol–water partition coefficient (Wildman–Crippen LogP) is 6.52. The molecule has 3 aromatic carbocycles. The van der Waals surface area contributed by atoms with Crippen LogP contribution in [0.4, 0.5) is 24.5 Å². The average Bonchev–Trinajstić information content (AvgIpc) is 2.67. The van der Waals surface area contributed by atoms with E-state index in [9.17, 15) is 22.8 Å². The van der Waals surface area contributed by atoms with Gasteiger partial charge >= 0.3 is 6.18 Å². The lowest BCUT2D eigenvalue weighted by molar-refractivity contribution is -0.137. The number of halogens is 5. The molecule has 0 saturated heterocycles. The lowest BCUT2D eigenvalue weighted by Gasteiger charge is -2.13. The maximum Gasteiger partial charge on any atom is 0.416 e. The minimum Gasteiger partial charge on any atom is -0.322 e. The molecule has 3 rings (SSSR count). The van der Waals surface area contributed by atoms with Crippen LogP contribution in [0, 0.1) is 0 Å². The monoisotopic (exact) mass is 452 g/mol. The van der Waals surface area contributed by atoms with Gasteiger partial charge in [-0.3, -0.25) is 9.59 Å².